The third-order valence-electron chi connectivity index (χ3n) is 4.08. The molecule has 0 bridgehead atoms. The first kappa shape index (κ1) is 15.1. The summed E-state index contributed by atoms with van der Waals surface area (Å²) < 4.78 is 0. The lowest BCUT2D eigenvalue weighted by Crippen LogP contribution is -2.35. The van der Waals surface area contributed by atoms with Gasteiger partial charge in [0.05, 0.1) is 10.6 Å². The minimum Gasteiger partial charge on any atom is -0.366 e. The molecule has 5 heteroatoms. The zero-order valence-electron chi connectivity index (χ0n) is 12.1. The van der Waals surface area contributed by atoms with Crippen LogP contribution in [0.2, 0.25) is 5.02 Å². The summed E-state index contributed by atoms with van der Waals surface area (Å²) in [5.74, 6) is 0.904. The van der Waals surface area contributed by atoms with Crippen molar-refractivity contribution in [3.8, 4) is 0 Å². The number of rotatable bonds is 5. The summed E-state index contributed by atoms with van der Waals surface area (Å²) in [4.78, 5) is 17.8. The van der Waals surface area contributed by atoms with Crippen molar-refractivity contribution in [2.45, 2.75) is 45.6 Å². The molecule has 1 saturated heterocycles. The van der Waals surface area contributed by atoms with E-state index in [9.17, 15) is 4.79 Å². The zero-order chi connectivity index (χ0) is 14.7. The molecule has 1 aromatic rings. The number of nitrogens with zero attached hydrogens (tertiary/aromatic N) is 2. The van der Waals surface area contributed by atoms with E-state index < -0.39 is 5.91 Å². The number of carbonyl (C=O) groups is 1. The van der Waals surface area contributed by atoms with Crippen LogP contribution in [-0.2, 0) is 0 Å². The maximum atomic E-state index is 11.2. The van der Waals surface area contributed by atoms with Crippen molar-refractivity contribution in [1.82, 2.24) is 4.98 Å². The summed E-state index contributed by atoms with van der Waals surface area (Å²) in [5, 5.41) is 0.511. The fourth-order valence-corrected chi connectivity index (χ4v) is 3.35. The second-order valence-corrected chi connectivity index (χ2v) is 5.97. The largest absolute Gasteiger partial charge is 0.366 e. The fraction of sp³-hybridized carbons (Fsp3) is 0.600. The summed E-state index contributed by atoms with van der Waals surface area (Å²) in [6.45, 7) is 5.47. The van der Waals surface area contributed by atoms with Crippen LogP contribution in [0.5, 0.6) is 0 Å². The molecular formula is C15H22ClN3O. The molecule has 2 unspecified atom stereocenters. The number of aromatic nitrogens is 1. The predicted octanol–water partition coefficient (Wildman–Crippen LogP) is 3.24. The second kappa shape index (κ2) is 6.44. The molecule has 110 valence electrons. The van der Waals surface area contributed by atoms with Gasteiger partial charge in [0, 0.05) is 18.8 Å². The Bertz CT molecular complexity index is 492. The van der Waals surface area contributed by atoms with E-state index in [1.807, 2.05) is 0 Å². The lowest BCUT2D eigenvalue weighted by Gasteiger charge is -2.31. The molecular weight excluding hydrogens is 274 g/mol. The first-order valence-electron chi connectivity index (χ1n) is 7.26. The van der Waals surface area contributed by atoms with Crippen LogP contribution < -0.4 is 10.6 Å². The standard InChI is InChI=1S/C15H22ClN3O/c1-3-5-10(2)13-6-4-7-19(13)15-12(16)8-11(9-18-15)14(17)20/h8-10,13H,3-7H2,1-2H3,(H2,17,20). The third-order valence-corrected chi connectivity index (χ3v) is 4.36. The summed E-state index contributed by atoms with van der Waals surface area (Å²) in [6, 6.07) is 2.10. The van der Waals surface area contributed by atoms with Crippen molar-refractivity contribution in [3.63, 3.8) is 0 Å². The summed E-state index contributed by atoms with van der Waals surface area (Å²) >= 11 is 6.29. The number of nitrogens with two attached hydrogens (primary N) is 1. The van der Waals surface area contributed by atoms with Crippen LogP contribution >= 0.6 is 11.6 Å². The van der Waals surface area contributed by atoms with Gasteiger partial charge in [-0.3, -0.25) is 4.79 Å². The number of carbonyl (C=O) groups excluding carboxylic acids is 1. The van der Waals surface area contributed by atoms with Crippen LogP contribution in [0, 0.1) is 5.92 Å². The van der Waals surface area contributed by atoms with Crippen molar-refractivity contribution in [2.24, 2.45) is 11.7 Å². The zero-order valence-corrected chi connectivity index (χ0v) is 12.9. The molecule has 0 radical (unpaired) electrons. The summed E-state index contributed by atoms with van der Waals surface area (Å²) in [7, 11) is 0. The fourth-order valence-electron chi connectivity index (χ4n) is 3.07. The van der Waals surface area contributed by atoms with E-state index in [-0.39, 0.29) is 0 Å². The Balaban J connectivity index is 2.23. The van der Waals surface area contributed by atoms with Gasteiger partial charge in [-0.25, -0.2) is 4.98 Å². The lowest BCUT2D eigenvalue weighted by molar-refractivity contribution is 0.1000. The van der Waals surface area contributed by atoms with Crippen molar-refractivity contribution in [2.75, 3.05) is 11.4 Å². The van der Waals surface area contributed by atoms with Crippen LogP contribution in [0.15, 0.2) is 12.3 Å². The van der Waals surface area contributed by atoms with Crippen molar-refractivity contribution in [1.29, 1.82) is 0 Å². The molecule has 1 aliphatic rings. The molecule has 0 aliphatic carbocycles. The summed E-state index contributed by atoms with van der Waals surface area (Å²) in [5.41, 5.74) is 5.61. The van der Waals surface area contributed by atoms with Crippen molar-refractivity contribution < 1.29 is 4.79 Å². The average Bonchev–Trinajstić information content (AvgIpc) is 2.87. The first-order chi connectivity index (χ1) is 9.54. The van der Waals surface area contributed by atoms with Crippen molar-refractivity contribution >= 4 is 23.3 Å². The second-order valence-electron chi connectivity index (χ2n) is 5.56. The Hall–Kier alpha value is -1.29. The lowest BCUT2D eigenvalue weighted by atomic mass is 9.95. The molecule has 2 rings (SSSR count). The summed E-state index contributed by atoms with van der Waals surface area (Å²) in [6.07, 6.45) is 6.25. The maximum absolute atomic E-state index is 11.2. The van der Waals surface area contributed by atoms with E-state index in [1.165, 1.54) is 25.5 Å². The predicted molar refractivity (Wildman–Crippen MR) is 82.2 cm³/mol. The minimum absolute atomic E-state index is 0.358. The minimum atomic E-state index is -0.497. The van der Waals surface area contributed by atoms with Gasteiger partial charge in [-0.1, -0.05) is 31.9 Å². The van der Waals surface area contributed by atoms with Crippen LogP contribution in [0.3, 0.4) is 0 Å². The van der Waals surface area contributed by atoms with Crippen LogP contribution in [0.1, 0.15) is 49.9 Å². The monoisotopic (exact) mass is 295 g/mol. The van der Waals surface area contributed by atoms with Gasteiger partial charge in [-0.15, -0.1) is 0 Å². The highest BCUT2D eigenvalue weighted by Crippen LogP contribution is 2.34. The van der Waals surface area contributed by atoms with E-state index in [2.05, 4.69) is 23.7 Å². The van der Waals surface area contributed by atoms with E-state index in [1.54, 1.807) is 6.07 Å². The van der Waals surface area contributed by atoms with E-state index in [0.29, 0.717) is 22.5 Å². The highest BCUT2D eigenvalue weighted by atomic mass is 35.5. The number of hydrogen-bond donors (Lipinski definition) is 1. The number of anilines is 1. The Morgan fingerprint density at radius 3 is 3.00 bits per heavy atom. The maximum Gasteiger partial charge on any atom is 0.250 e. The molecule has 1 aliphatic heterocycles. The first-order valence-corrected chi connectivity index (χ1v) is 7.64. The van der Waals surface area contributed by atoms with E-state index in [4.69, 9.17) is 17.3 Å². The Kier molecular flexibility index (Phi) is 4.86. The van der Waals surface area contributed by atoms with Gasteiger partial charge in [0.15, 0.2) is 0 Å². The highest BCUT2D eigenvalue weighted by Gasteiger charge is 2.31. The highest BCUT2D eigenvalue weighted by molar-refractivity contribution is 6.33. The van der Waals surface area contributed by atoms with E-state index >= 15 is 0 Å². The van der Waals surface area contributed by atoms with Gasteiger partial charge in [0.1, 0.15) is 5.82 Å². The number of hydrogen-bond acceptors (Lipinski definition) is 3. The number of halogens is 1. The van der Waals surface area contributed by atoms with Gasteiger partial charge in [0.25, 0.3) is 0 Å². The van der Waals surface area contributed by atoms with Crippen LogP contribution in [0.25, 0.3) is 0 Å². The molecule has 0 spiro atoms. The number of primary amides is 1. The molecule has 1 amide bonds. The number of amides is 1. The molecule has 2 atom stereocenters. The van der Waals surface area contributed by atoms with Crippen LogP contribution in [-0.4, -0.2) is 23.5 Å². The molecule has 2 heterocycles. The third kappa shape index (κ3) is 3.06. The smallest absolute Gasteiger partial charge is 0.250 e. The van der Waals surface area contributed by atoms with Crippen LogP contribution in [0.4, 0.5) is 5.82 Å². The molecule has 0 aromatic carbocycles. The van der Waals surface area contributed by atoms with Crippen molar-refractivity contribution in [3.05, 3.63) is 22.8 Å². The molecule has 20 heavy (non-hydrogen) atoms. The SMILES string of the molecule is CCCC(C)C1CCCN1c1ncc(C(N)=O)cc1Cl. The van der Waals surface area contributed by atoms with Gasteiger partial charge in [-0.2, -0.15) is 0 Å². The quantitative estimate of drug-likeness (QED) is 0.907. The van der Waals surface area contributed by atoms with Gasteiger partial charge < -0.3 is 10.6 Å². The average molecular weight is 296 g/mol. The Morgan fingerprint density at radius 2 is 2.40 bits per heavy atom. The Labute approximate surface area is 125 Å². The van der Waals surface area contributed by atoms with Gasteiger partial charge >= 0.3 is 0 Å². The topological polar surface area (TPSA) is 59.2 Å². The number of pyridine rings is 1. The molecule has 1 fully saturated rings. The molecule has 1 aromatic heterocycles. The van der Waals surface area contributed by atoms with Gasteiger partial charge in [0.2, 0.25) is 5.91 Å². The Morgan fingerprint density at radius 1 is 1.65 bits per heavy atom. The molecule has 2 N–H and O–H groups in total. The molecule has 4 nitrogen and oxygen atoms in total. The molecule has 0 saturated carbocycles. The normalized spacial score (nSPS) is 20.1. The van der Waals surface area contributed by atoms with E-state index in [0.717, 1.165) is 18.8 Å². The van der Waals surface area contributed by atoms with Gasteiger partial charge in [-0.05, 0) is 31.2 Å².